The maximum Gasteiger partial charge on any atom is 0.416 e. The van der Waals surface area contributed by atoms with Crippen LogP contribution in [0.4, 0.5) is 19.1 Å². The highest BCUT2D eigenvalue weighted by atomic mass is 19.4. The largest absolute Gasteiger partial charge is 0.428 e. The molecule has 3 heterocycles. The number of hydrogen-bond donors (Lipinski definition) is 1. The number of hydrogen-bond acceptors (Lipinski definition) is 8. The molecule has 158 valence electrons. The van der Waals surface area contributed by atoms with Crippen molar-refractivity contribution in [1.29, 1.82) is 0 Å². The van der Waals surface area contributed by atoms with Crippen LogP contribution >= 0.6 is 0 Å². The second-order valence-electron chi connectivity index (χ2n) is 7.07. The van der Waals surface area contributed by atoms with Crippen LogP contribution in [0.1, 0.15) is 18.4 Å². The number of anilines is 1. The van der Waals surface area contributed by atoms with Crippen LogP contribution in [-0.2, 0) is 11.0 Å². The molecular formula is C18H18F3N7O2. The van der Waals surface area contributed by atoms with Gasteiger partial charge in [-0.05, 0) is 44.6 Å². The van der Waals surface area contributed by atoms with E-state index in [-0.39, 0.29) is 29.5 Å². The summed E-state index contributed by atoms with van der Waals surface area (Å²) in [5.74, 6) is 0.0863. The molecule has 0 amide bonds. The Hall–Kier alpha value is -3.28. The summed E-state index contributed by atoms with van der Waals surface area (Å²) in [6, 6.07) is 2.97. The molecule has 1 saturated heterocycles. The minimum absolute atomic E-state index is 0.0632. The molecule has 1 aliphatic rings. The van der Waals surface area contributed by atoms with Gasteiger partial charge < -0.3 is 15.0 Å². The van der Waals surface area contributed by atoms with Crippen molar-refractivity contribution in [3.05, 3.63) is 30.0 Å². The van der Waals surface area contributed by atoms with E-state index in [9.17, 15) is 18.0 Å². The van der Waals surface area contributed by atoms with Crippen molar-refractivity contribution in [2.45, 2.75) is 25.1 Å². The Kier molecular flexibility index (Phi) is 5.24. The van der Waals surface area contributed by atoms with Crippen molar-refractivity contribution in [3.63, 3.8) is 0 Å². The summed E-state index contributed by atoms with van der Waals surface area (Å²) in [6.45, 7) is 1.92. The summed E-state index contributed by atoms with van der Waals surface area (Å²) in [5.41, 5.74) is -0.179. The Morgan fingerprint density at radius 2 is 2.13 bits per heavy atom. The molecule has 4 rings (SSSR count). The molecule has 1 aromatic carbocycles. The van der Waals surface area contributed by atoms with Crippen molar-refractivity contribution in [1.82, 2.24) is 29.9 Å². The van der Waals surface area contributed by atoms with Gasteiger partial charge in [0.15, 0.2) is 0 Å². The fraction of sp³-hybridized carbons (Fsp3) is 0.389. The smallest absolute Gasteiger partial charge is 0.416 e. The number of carbonyl (C=O) groups is 1. The van der Waals surface area contributed by atoms with Crippen molar-refractivity contribution in [2.75, 3.05) is 25.5 Å². The van der Waals surface area contributed by atoms with Crippen molar-refractivity contribution >= 4 is 17.9 Å². The zero-order valence-electron chi connectivity index (χ0n) is 15.9. The van der Waals surface area contributed by atoms with Gasteiger partial charge in [0.25, 0.3) is 6.47 Å². The molecule has 1 aliphatic heterocycles. The minimum atomic E-state index is -4.58. The highest BCUT2D eigenvalue weighted by Crippen LogP contribution is 2.37. The second kappa shape index (κ2) is 7.86. The van der Waals surface area contributed by atoms with Crippen LogP contribution in [-0.4, -0.2) is 62.6 Å². The lowest BCUT2D eigenvalue weighted by Crippen LogP contribution is -2.40. The molecule has 1 fully saturated rings. The summed E-state index contributed by atoms with van der Waals surface area (Å²) in [7, 11) is 2.03. The number of fused-ring (bicyclic) bond motifs is 1. The Morgan fingerprint density at radius 1 is 1.30 bits per heavy atom. The number of aromatic nitrogens is 5. The van der Waals surface area contributed by atoms with Crippen LogP contribution in [0.3, 0.4) is 0 Å². The summed E-state index contributed by atoms with van der Waals surface area (Å²) in [4.78, 5) is 13.1. The lowest BCUT2D eigenvalue weighted by Gasteiger charge is -2.30. The first kappa shape index (κ1) is 20.0. The molecule has 0 bridgehead atoms. The van der Waals surface area contributed by atoms with E-state index < -0.39 is 11.7 Å². The van der Waals surface area contributed by atoms with E-state index in [1.54, 1.807) is 0 Å². The van der Waals surface area contributed by atoms with Crippen LogP contribution in [0.5, 0.6) is 5.75 Å². The molecule has 1 atom stereocenters. The molecule has 0 aliphatic carbocycles. The number of rotatable bonds is 5. The van der Waals surface area contributed by atoms with Crippen LogP contribution in [0.15, 0.2) is 24.4 Å². The van der Waals surface area contributed by atoms with Crippen LogP contribution in [0, 0.1) is 0 Å². The van der Waals surface area contributed by atoms with E-state index in [1.165, 1.54) is 16.8 Å². The van der Waals surface area contributed by atoms with E-state index in [4.69, 9.17) is 4.74 Å². The first-order valence-electron chi connectivity index (χ1n) is 9.21. The van der Waals surface area contributed by atoms with Gasteiger partial charge in [0, 0.05) is 18.2 Å². The van der Waals surface area contributed by atoms with Crippen LogP contribution < -0.4 is 10.1 Å². The zero-order chi connectivity index (χ0) is 21.3. The van der Waals surface area contributed by atoms with E-state index >= 15 is 0 Å². The SMILES string of the molecule is CN1CCC[C@@H](Nc2nnc(-c3ccc(C(F)(F)F)cc3OC=O)c3cnnn23)C1. The normalized spacial score (nSPS) is 17.8. The maximum absolute atomic E-state index is 13.0. The van der Waals surface area contributed by atoms with Gasteiger partial charge in [-0.2, -0.15) is 17.7 Å². The number of benzene rings is 1. The topological polar surface area (TPSA) is 97.5 Å². The average molecular weight is 421 g/mol. The third-order valence-electron chi connectivity index (χ3n) is 4.93. The van der Waals surface area contributed by atoms with E-state index in [2.05, 4.69) is 30.7 Å². The Balaban J connectivity index is 1.74. The van der Waals surface area contributed by atoms with Gasteiger partial charge >= 0.3 is 6.18 Å². The number of halogens is 3. The van der Waals surface area contributed by atoms with Gasteiger partial charge in [-0.3, -0.25) is 4.79 Å². The Morgan fingerprint density at radius 3 is 2.87 bits per heavy atom. The predicted molar refractivity (Wildman–Crippen MR) is 99.8 cm³/mol. The molecule has 0 saturated carbocycles. The molecule has 1 N–H and O–H groups in total. The van der Waals surface area contributed by atoms with Crippen molar-refractivity contribution in [2.24, 2.45) is 0 Å². The lowest BCUT2D eigenvalue weighted by molar-refractivity contribution is -0.138. The number of likely N-dealkylation sites (N-methyl/N-ethyl adjacent to an activating group) is 1. The summed E-state index contributed by atoms with van der Waals surface area (Å²) >= 11 is 0. The third-order valence-corrected chi connectivity index (χ3v) is 4.93. The quantitative estimate of drug-likeness (QED) is 0.627. The number of nitrogens with one attached hydrogen (secondary N) is 1. The van der Waals surface area contributed by atoms with Gasteiger partial charge in [-0.15, -0.1) is 15.3 Å². The van der Waals surface area contributed by atoms with Crippen LogP contribution in [0.25, 0.3) is 16.8 Å². The molecule has 30 heavy (non-hydrogen) atoms. The highest BCUT2D eigenvalue weighted by Gasteiger charge is 2.32. The first-order valence-corrected chi connectivity index (χ1v) is 9.21. The van der Waals surface area contributed by atoms with Gasteiger partial charge in [-0.1, -0.05) is 5.21 Å². The van der Waals surface area contributed by atoms with Crippen molar-refractivity contribution in [3.8, 4) is 17.0 Å². The predicted octanol–water partition coefficient (Wildman–Crippen LogP) is 2.25. The maximum atomic E-state index is 13.0. The number of alkyl halides is 3. The van der Waals surface area contributed by atoms with Gasteiger partial charge in [0.1, 0.15) is 17.0 Å². The number of piperidine rings is 1. The van der Waals surface area contributed by atoms with Gasteiger partial charge in [0.05, 0.1) is 11.8 Å². The van der Waals surface area contributed by atoms with Crippen molar-refractivity contribution < 1.29 is 22.7 Å². The molecular weight excluding hydrogens is 403 g/mol. The second-order valence-corrected chi connectivity index (χ2v) is 7.07. The van der Waals surface area contributed by atoms with E-state index in [1.807, 2.05) is 7.05 Å². The molecule has 0 spiro atoms. The standard InChI is InChI=1S/C18H18F3N7O2/c1-27-6-2-3-12(9-27)23-17-25-24-16(14-8-22-26-28(14)17)13-5-4-11(18(19,20)21)7-15(13)30-10-29/h4-5,7-8,10,12H,2-3,6,9H2,1H3,(H,23,25)/t12-/m1/s1. The number of likely N-dealkylation sites (tertiary alicyclic amines) is 1. The minimum Gasteiger partial charge on any atom is -0.428 e. The van der Waals surface area contributed by atoms with E-state index in [0.29, 0.717) is 11.5 Å². The number of ether oxygens (including phenoxy) is 1. The number of nitrogens with zero attached hydrogens (tertiary/aromatic N) is 6. The van der Waals surface area contributed by atoms with Crippen LogP contribution in [0.2, 0.25) is 0 Å². The molecule has 2 aromatic heterocycles. The average Bonchev–Trinajstić information content (AvgIpc) is 3.18. The zero-order valence-corrected chi connectivity index (χ0v) is 15.9. The Labute approximate surface area is 168 Å². The lowest BCUT2D eigenvalue weighted by atomic mass is 10.1. The fourth-order valence-electron chi connectivity index (χ4n) is 3.54. The summed E-state index contributed by atoms with van der Waals surface area (Å²) in [5, 5.41) is 19.5. The summed E-state index contributed by atoms with van der Waals surface area (Å²) in [6.07, 6.45) is -1.16. The molecule has 9 nitrogen and oxygen atoms in total. The Bertz CT molecular complexity index is 1070. The van der Waals surface area contributed by atoms with Gasteiger partial charge in [-0.25, -0.2) is 0 Å². The summed E-state index contributed by atoms with van der Waals surface area (Å²) < 4.78 is 45.3. The fourth-order valence-corrected chi connectivity index (χ4v) is 3.54. The molecule has 3 aromatic rings. The van der Waals surface area contributed by atoms with Gasteiger partial charge in [0.2, 0.25) is 5.95 Å². The number of carbonyl (C=O) groups excluding carboxylic acids is 1. The monoisotopic (exact) mass is 421 g/mol. The highest BCUT2D eigenvalue weighted by molar-refractivity contribution is 5.81. The first-order chi connectivity index (χ1) is 14.4. The van der Waals surface area contributed by atoms with E-state index in [0.717, 1.165) is 38.1 Å². The molecule has 0 unspecified atom stereocenters. The third kappa shape index (κ3) is 3.90. The molecule has 12 heteroatoms. The molecule has 0 radical (unpaired) electrons.